The molecule has 1 aromatic heterocycles. The number of hydrogen-bond acceptors (Lipinski definition) is 3. The lowest BCUT2D eigenvalue weighted by molar-refractivity contribution is 0.523. The Labute approximate surface area is 109 Å². The van der Waals surface area contributed by atoms with Gasteiger partial charge >= 0.3 is 0 Å². The largest absolute Gasteiger partial charge is 0.311 e. The Bertz CT molecular complexity index is 328. The Hall–Kier alpha value is -0.480. The minimum atomic E-state index is 0.310. The van der Waals surface area contributed by atoms with Crippen molar-refractivity contribution >= 4 is 11.8 Å². The summed E-state index contributed by atoms with van der Waals surface area (Å²) in [7, 11) is 2.02. The molecule has 1 atom stereocenters. The zero-order valence-corrected chi connectivity index (χ0v) is 12.5. The first-order chi connectivity index (χ1) is 7.98. The molecule has 0 bridgehead atoms. The molecule has 0 aliphatic carbocycles. The van der Waals surface area contributed by atoms with E-state index in [9.17, 15) is 0 Å². The highest BCUT2D eigenvalue weighted by Gasteiger charge is 2.18. The smallest absolute Gasteiger partial charge is 0.0581 e. The SMILES string of the molecule is CCCn1nccc1C(CSC(C)(C)C)NC. The van der Waals surface area contributed by atoms with E-state index in [1.807, 2.05) is 25.0 Å². The lowest BCUT2D eigenvalue weighted by atomic mass is 10.2. The number of nitrogens with one attached hydrogen (secondary N) is 1. The van der Waals surface area contributed by atoms with Crippen molar-refractivity contribution in [3.05, 3.63) is 18.0 Å². The maximum absolute atomic E-state index is 4.39. The van der Waals surface area contributed by atoms with E-state index in [2.05, 4.69) is 48.9 Å². The molecule has 98 valence electrons. The van der Waals surface area contributed by atoms with E-state index < -0.39 is 0 Å². The maximum atomic E-state index is 4.39. The van der Waals surface area contributed by atoms with Crippen LogP contribution in [0.25, 0.3) is 0 Å². The number of aromatic nitrogens is 2. The van der Waals surface area contributed by atoms with Crippen LogP contribution in [-0.4, -0.2) is 27.3 Å². The van der Waals surface area contributed by atoms with Crippen LogP contribution in [0, 0.1) is 0 Å². The molecule has 3 nitrogen and oxygen atoms in total. The van der Waals surface area contributed by atoms with Gasteiger partial charge in [0.2, 0.25) is 0 Å². The van der Waals surface area contributed by atoms with Gasteiger partial charge in [-0.05, 0) is 19.5 Å². The van der Waals surface area contributed by atoms with E-state index >= 15 is 0 Å². The highest BCUT2D eigenvalue weighted by atomic mass is 32.2. The predicted molar refractivity (Wildman–Crippen MR) is 76.5 cm³/mol. The molecule has 1 heterocycles. The van der Waals surface area contributed by atoms with Gasteiger partial charge < -0.3 is 5.32 Å². The van der Waals surface area contributed by atoms with Gasteiger partial charge in [-0.25, -0.2) is 0 Å². The van der Waals surface area contributed by atoms with Crippen molar-refractivity contribution in [2.45, 2.75) is 51.4 Å². The molecule has 0 spiro atoms. The van der Waals surface area contributed by atoms with Gasteiger partial charge in [-0.1, -0.05) is 27.7 Å². The topological polar surface area (TPSA) is 29.9 Å². The van der Waals surface area contributed by atoms with Crippen LogP contribution in [0.1, 0.15) is 45.9 Å². The first-order valence-electron chi connectivity index (χ1n) is 6.31. The van der Waals surface area contributed by atoms with Crippen molar-refractivity contribution < 1.29 is 0 Å². The Morgan fingerprint density at radius 2 is 2.18 bits per heavy atom. The van der Waals surface area contributed by atoms with E-state index in [-0.39, 0.29) is 0 Å². The summed E-state index contributed by atoms with van der Waals surface area (Å²) in [4.78, 5) is 0. The zero-order chi connectivity index (χ0) is 12.9. The molecule has 0 aliphatic rings. The molecule has 0 fully saturated rings. The second-order valence-electron chi connectivity index (χ2n) is 5.24. The molecule has 0 aromatic carbocycles. The van der Waals surface area contributed by atoms with Crippen molar-refractivity contribution in [1.29, 1.82) is 0 Å². The molecule has 1 aromatic rings. The van der Waals surface area contributed by atoms with Crippen LogP contribution in [0.4, 0.5) is 0 Å². The van der Waals surface area contributed by atoms with Gasteiger partial charge in [-0.2, -0.15) is 16.9 Å². The molecule has 4 heteroatoms. The molecule has 0 amide bonds. The molecule has 0 saturated heterocycles. The third-order valence-electron chi connectivity index (χ3n) is 2.57. The van der Waals surface area contributed by atoms with E-state index in [4.69, 9.17) is 0 Å². The van der Waals surface area contributed by atoms with E-state index in [1.165, 1.54) is 5.69 Å². The summed E-state index contributed by atoms with van der Waals surface area (Å²) in [5.74, 6) is 1.08. The average Bonchev–Trinajstić information content (AvgIpc) is 2.66. The van der Waals surface area contributed by atoms with Crippen LogP contribution < -0.4 is 5.32 Å². The fraction of sp³-hybridized carbons (Fsp3) is 0.769. The van der Waals surface area contributed by atoms with E-state index in [1.54, 1.807) is 0 Å². The van der Waals surface area contributed by atoms with Crippen molar-refractivity contribution in [3.8, 4) is 0 Å². The van der Waals surface area contributed by atoms with Crippen LogP contribution in [0.15, 0.2) is 12.3 Å². The molecule has 0 radical (unpaired) electrons. The van der Waals surface area contributed by atoms with Crippen molar-refractivity contribution in [3.63, 3.8) is 0 Å². The van der Waals surface area contributed by atoms with Crippen LogP contribution in [0.5, 0.6) is 0 Å². The summed E-state index contributed by atoms with van der Waals surface area (Å²) < 4.78 is 2.43. The monoisotopic (exact) mass is 255 g/mol. The molecule has 0 saturated carbocycles. The van der Waals surface area contributed by atoms with E-state index in [0.29, 0.717) is 10.8 Å². The Balaban J connectivity index is 2.69. The van der Waals surface area contributed by atoms with Gasteiger partial charge in [0.1, 0.15) is 0 Å². The fourth-order valence-corrected chi connectivity index (χ4v) is 2.69. The van der Waals surface area contributed by atoms with Crippen molar-refractivity contribution in [1.82, 2.24) is 15.1 Å². The second kappa shape index (κ2) is 6.45. The van der Waals surface area contributed by atoms with Gasteiger partial charge in [0.25, 0.3) is 0 Å². The van der Waals surface area contributed by atoms with Gasteiger partial charge in [0.05, 0.1) is 11.7 Å². The number of rotatable bonds is 6. The summed E-state index contributed by atoms with van der Waals surface area (Å²) in [6.45, 7) is 9.96. The Kier molecular flexibility index (Phi) is 5.53. The van der Waals surface area contributed by atoms with Crippen LogP contribution in [0.2, 0.25) is 0 Å². The summed E-state index contributed by atoms with van der Waals surface area (Å²) in [6, 6.07) is 2.51. The normalized spacial score (nSPS) is 13.9. The number of nitrogens with zero attached hydrogens (tertiary/aromatic N) is 2. The third-order valence-corrected chi connectivity index (χ3v) is 3.94. The Morgan fingerprint density at radius 3 is 2.71 bits per heavy atom. The lowest BCUT2D eigenvalue weighted by Crippen LogP contribution is -2.24. The van der Waals surface area contributed by atoms with Gasteiger partial charge in [0.15, 0.2) is 0 Å². The predicted octanol–water partition coefficient (Wildman–Crippen LogP) is 3.09. The van der Waals surface area contributed by atoms with Crippen LogP contribution in [-0.2, 0) is 6.54 Å². The molecule has 1 N–H and O–H groups in total. The molecule has 1 unspecified atom stereocenters. The first-order valence-corrected chi connectivity index (χ1v) is 7.29. The van der Waals surface area contributed by atoms with Crippen molar-refractivity contribution in [2.75, 3.05) is 12.8 Å². The molecule has 0 aliphatic heterocycles. The Morgan fingerprint density at radius 1 is 1.47 bits per heavy atom. The second-order valence-corrected chi connectivity index (χ2v) is 7.09. The van der Waals surface area contributed by atoms with Gasteiger partial charge in [-0.15, -0.1) is 0 Å². The number of thioether (sulfide) groups is 1. The highest BCUT2D eigenvalue weighted by molar-refractivity contribution is 8.00. The maximum Gasteiger partial charge on any atom is 0.0581 e. The lowest BCUT2D eigenvalue weighted by Gasteiger charge is -2.23. The van der Waals surface area contributed by atoms with Crippen molar-refractivity contribution in [2.24, 2.45) is 0 Å². The zero-order valence-electron chi connectivity index (χ0n) is 11.7. The molecule has 1 rings (SSSR count). The minimum absolute atomic E-state index is 0.310. The van der Waals surface area contributed by atoms with Crippen LogP contribution in [0.3, 0.4) is 0 Å². The fourth-order valence-electron chi connectivity index (χ4n) is 1.69. The standard InChI is InChI=1S/C13H25N3S/c1-6-9-16-12(7-8-15-16)11(14-5)10-17-13(2,3)4/h7-8,11,14H,6,9-10H2,1-5H3. The summed E-state index contributed by atoms with van der Waals surface area (Å²) in [5, 5.41) is 7.78. The van der Waals surface area contributed by atoms with Gasteiger partial charge in [0, 0.05) is 23.2 Å². The highest BCUT2D eigenvalue weighted by Crippen LogP contribution is 2.28. The van der Waals surface area contributed by atoms with E-state index in [0.717, 1.165) is 18.7 Å². The quantitative estimate of drug-likeness (QED) is 0.847. The minimum Gasteiger partial charge on any atom is -0.311 e. The molecular formula is C13H25N3S. The number of aryl methyl sites for hydroxylation is 1. The first kappa shape index (κ1) is 14.6. The summed E-state index contributed by atoms with van der Waals surface area (Å²) in [5.41, 5.74) is 1.30. The van der Waals surface area contributed by atoms with Crippen LogP contribution >= 0.6 is 11.8 Å². The summed E-state index contributed by atoms with van der Waals surface area (Å²) in [6.07, 6.45) is 3.02. The van der Waals surface area contributed by atoms with Gasteiger partial charge in [-0.3, -0.25) is 4.68 Å². The third kappa shape index (κ3) is 4.72. The summed E-state index contributed by atoms with van der Waals surface area (Å²) >= 11 is 1.99. The molecular weight excluding hydrogens is 230 g/mol. The molecule has 17 heavy (non-hydrogen) atoms. The average molecular weight is 255 g/mol. The number of hydrogen-bond donors (Lipinski definition) is 1.